The minimum absolute atomic E-state index is 0.0237. The smallest absolute Gasteiger partial charge is 0.306 e. The quantitative estimate of drug-likeness (QED) is 0.0429. The summed E-state index contributed by atoms with van der Waals surface area (Å²) in [5.74, 6) is -2.43. The van der Waals surface area contributed by atoms with Gasteiger partial charge in [0.15, 0.2) is 0 Å². The van der Waals surface area contributed by atoms with Gasteiger partial charge < -0.3 is 31.1 Å². The van der Waals surface area contributed by atoms with E-state index in [-0.39, 0.29) is 47.0 Å². The second-order valence-corrected chi connectivity index (χ2v) is 14.9. The van der Waals surface area contributed by atoms with Crippen LogP contribution in [0.15, 0.2) is 48.5 Å². The fraction of sp³-hybridized carbons (Fsp3) is 0.628. The van der Waals surface area contributed by atoms with Gasteiger partial charge in [-0.15, -0.1) is 0 Å². The molecule has 0 aliphatic rings. The fourth-order valence-corrected chi connectivity index (χ4v) is 6.91. The molecule has 0 aromatic heterocycles. The Morgan fingerprint density at radius 1 is 0.509 bits per heavy atom. The summed E-state index contributed by atoms with van der Waals surface area (Å²) in [5.41, 5.74) is 1.15. The molecule has 0 fully saturated rings. The summed E-state index contributed by atoms with van der Waals surface area (Å²) in [7, 11) is 0. The number of hydrogen-bond acceptors (Lipinski definition) is 6. The lowest BCUT2D eigenvalue weighted by atomic mass is 9.90. The molecule has 0 saturated carbocycles. The number of amides is 2. The zero-order chi connectivity index (χ0) is 38.8. The van der Waals surface area contributed by atoms with Crippen LogP contribution in [0.1, 0.15) is 149 Å². The summed E-state index contributed by atoms with van der Waals surface area (Å²) in [5, 5.41) is 44.4. The maximum atomic E-state index is 13.4. The number of aromatic hydroxyl groups is 2. The molecule has 0 bridgehead atoms. The van der Waals surface area contributed by atoms with Gasteiger partial charge in [-0.1, -0.05) is 116 Å². The number of aliphatic carboxylic acids is 2. The van der Waals surface area contributed by atoms with Gasteiger partial charge in [-0.3, -0.25) is 19.2 Å². The number of carboxylic acid groups (broad SMARTS) is 2. The molecule has 2 amide bonds. The number of phenols is 2. The van der Waals surface area contributed by atoms with Crippen molar-refractivity contribution in [3.05, 3.63) is 48.5 Å². The molecule has 2 rings (SSSR count). The first-order chi connectivity index (χ1) is 25.5. The van der Waals surface area contributed by atoms with Crippen molar-refractivity contribution >= 4 is 35.1 Å². The summed E-state index contributed by atoms with van der Waals surface area (Å²) in [6.07, 6.45) is 17.7. The molecule has 4 atom stereocenters. The molecule has 0 aliphatic heterocycles. The molecule has 6 N–H and O–H groups in total. The first-order valence-corrected chi connectivity index (χ1v) is 20.2. The van der Waals surface area contributed by atoms with Crippen molar-refractivity contribution in [2.24, 2.45) is 23.7 Å². The normalized spacial score (nSPS) is 13.5. The second-order valence-electron chi connectivity index (χ2n) is 14.9. The van der Waals surface area contributed by atoms with E-state index in [0.29, 0.717) is 30.6 Å². The number of carbonyl (C=O) groups excluding carboxylic acids is 2. The molecule has 10 heteroatoms. The monoisotopic (exact) mass is 738 g/mol. The highest BCUT2D eigenvalue weighted by atomic mass is 16.4. The van der Waals surface area contributed by atoms with Crippen LogP contribution in [0.5, 0.6) is 11.5 Å². The van der Waals surface area contributed by atoms with E-state index in [4.69, 9.17) is 5.11 Å². The number of phenolic OH excluding ortho intramolecular Hbond substituents is 2. The van der Waals surface area contributed by atoms with Crippen LogP contribution >= 0.6 is 0 Å². The summed E-state index contributed by atoms with van der Waals surface area (Å²) in [6.45, 7) is 3.86. The van der Waals surface area contributed by atoms with Crippen molar-refractivity contribution in [1.82, 2.24) is 0 Å². The minimum atomic E-state index is -0.771. The van der Waals surface area contributed by atoms with Gasteiger partial charge in [0, 0.05) is 35.3 Å². The third-order valence-corrected chi connectivity index (χ3v) is 10.3. The highest BCUT2D eigenvalue weighted by molar-refractivity contribution is 5.93. The Morgan fingerprint density at radius 2 is 0.868 bits per heavy atom. The highest BCUT2D eigenvalue weighted by Gasteiger charge is 2.21. The Morgan fingerprint density at radius 3 is 1.23 bits per heavy atom. The largest absolute Gasteiger partial charge is 0.508 e. The first-order valence-electron chi connectivity index (χ1n) is 20.2. The molecule has 0 aliphatic carbocycles. The summed E-state index contributed by atoms with van der Waals surface area (Å²) in [4.78, 5) is 49.3. The standard InChI is InChI=1S/C43H66N2O8/c1-3-4-10-20-33(40(48)44-36-26-17-28-38(46)30-36)22-15-9-16-23-34(41(49)45-37-27-18-29-39(47)31-37)21-12-7-8-14-25-35(43(52)53)24-13-6-5-11-19-32(2)42(50)51/h17-18,26-35,46-47H,3-16,19-25H2,1-2H3,(H,44,48)(H,45,49)(H,50,51)(H,52,53). The SMILES string of the molecule is CCCCCC(CCCCCC(CCCCCCC(CCCCCCC(C)C(=O)O)C(=O)O)C(=O)Nc1cccc(O)c1)C(=O)Nc1cccc(O)c1. The Kier molecular flexibility index (Phi) is 22.7. The number of anilines is 2. The van der Waals surface area contributed by atoms with Gasteiger partial charge in [-0.25, -0.2) is 0 Å². The number of benzene rings is 2. The number of carboxylic acids is 2. The average molecular weight is 739 g/mol. The van der Waals surface area contributed by atoms with Crippen LogP contribution in [0.25, 0.3) is 0 Å². The van der Waals surface area contributed by atoms with Gasteiger partial charge in [-0.05, 0) is 69.2 Å². The zero-order valence-corrected chi connectivity index (χ0v) is 32.2. The number of carbonyl (C=O) groups is 4. The summed E-state index contributed by atoms with van der Waals surface area (Å²) < 4.78 is 0. The molecule has 53 heavy (non-hydrogen) atoms. The van der Waals surface area contributed by atoms with Crippen molar-refractivity contribution in [2.75, 3.05) is 10.6 Å². The number of nitrogens with one attached hydrogen (secondary N) is 2. The van der Waals surface area contributed by atoms with Gasteiger partial charge in [0.2, 0.25) is 11.8 Å². The molecular weight excluding hydrogens is 672 g/mol. The van der Waals surface area contributed by atoms with Crippen LogP contribution in [0.4, 0.5) is 11.4 Å². The lowest BCUT2D eigenvalue weighted by molar-refractivity contribution is -0.143. The first kappa shape index (κ1) is 45.1. The fourth-order valence-electron chi connectivity index (χ4n) is 6.91. The molecule has 0 spiro atoms. The van der Waals surface area contributed by atoms with E-state index < -0.39 is 11.9 Å². The maximum Gasteiger partial charge on any atom is 0.306 e. The number of rotatable bonds is 30. The van der Waals surface area contributed by atoms with E-state index in [1.54, 1.807) is 49.4 Å². The minimum Gasteiger partial charge on any atom is -0.508 e. The molecular formula is C43H66N2O8. The molecule has 4 unspecified atom stereocenters. The average Bonchev–Trinajstić information content (AvgIpc) is 3.11. The molecule has 2 aromatic carbocycles. The van der Waals surface area contributed by atoms with Crippen molar-refractivity contribution in [1.29, 1.82) is 0 Å². The lowest BCUT2D eigenvalue weighted by Crippen LogP contribution is -2.23. The van der Waals surface area contributed by atoms with Gasteiger partial charge >= 0.3 is 11.9 Å². The molecule has 296 valence electrons. The lowest BCUT2D eigenvalue weighted by Gasteiger charge is -2.19. The van der Waals surface area contributed by atoms with Gasteiger partial charge in [0.1, 0.15) is 11.5 Å². The summed E-state index contributed by atoms with van der Waals surface area (Å²) in [6, 6.07) is 13.2. The van der Waals surface area contributed by atoms with E-state index in [2.05, 4.69) is 17.6 Å². The van der Waals surface area contributed by atoms with Gasteiger partial charge in [0.25, 0.3) is 0 Å². The Labute approximate surface area is 317 Å². The third kappa shape index (κ3) is 20.1. The third-order valence-electron chi connectivity index (χ3n) is 10.3. The van der Waals surface area contributed by atoms with Crippen molar-refractivity contribution in [3.8, 4) is 11.5 Å². The van der Waals surface area contributed by atoms with Gasteiger partial charge in [0.05, 0.1) is 11.8 Å². The van der Waals surface area contributed by atoms with E-state index in [1.807, 2.05) is 0 Å². The van der Waals surface area contributed by atoms with Crippen molar-refractivity contribution in [2.45, 2.75) is 149 Å². The van der Waals surface area contributed by atoms with E-state index in [0.717, 1.165) is 116 Å². The molecule has 0 saturated heterocycles. The Balaban J connectivity index is 1.82. The van der Waals surface area contributed by atoms with Crippen LogP contribution in [-0.2, 0) is 19.2 Å². The zero-order valence-electron chi connectivity index (χ0n) is 32.2. The van der Waals surface area contributed by atoms with Crippen LogP contribution in [-0.4, -0.2) is 44.2 Å². The maximum absolute atomic E-state index is 13.4. The predicted octanol–water partition coefficient (Wildman–Crippen LogP) is 10.5. The molecule has 0 radical (unpaired) electrons. The van der Waals surface area contributed by atoms with Crippen LogP contribution in [0, 0.1) is 23.7 Å². The summed E-state index contributed by atoms with van der Waals surface area (Å²) >= 11 is 0. The van der Waals surface area contributed by atoms with Crippen LogP contribution < -0.4 is 10.6 Å². The van der Waals surface area contributed by atoms with Crippen molar-refractivity contribution < 1.29 is 39.6 Å². The number of hydrogen-bond donors (Lipinski definition) is 6. The topological polar surface area (TPSA) is 173 Å². The van der Waals surface area contributed by atoms with E-state index in [9.17, 15) is 34.5 Å². The van der Waals surface area contributed by atoms with Gasteiger partial charge in [-0.2, -0.15) is 0 Å². The predicted molar refractivity (Wildman–Crippen MR) is 211 cm³/mol. The van der Waals surface area contributed by atoms with Crippen molar-refractivity contribution in [3.63, 3.8) is 0 Å². The molecule has 2 aromatic rings. The second kappa shape index (κ2) is 26.6. The highest BCUT2D eigenvalue weighted by Crippen LogP contribution is 2.26. The van der Waals surface area contributed by atoms with Crippen LogP contribution in [0.3, 0.4) is 0 Å². The molecule has 0 heterocycles. The van der Waals surface area contributed by atoms with E-state index in [1.165, 1.54) is 6.07 Å². The number of unbranched alkanes of at least 4 members (excludes halogenated alkanes) is 10. The Bertz CT molecular complexity index is 1370. The Hall–Kier alpha value is -4.08. The van der Waals surface area contributed by atoms with Crippen LogP contribution in [0.2, 0.25) is 0 Å². The van der Waals surface area contributed by atoms with E-state index >= 15 is 0 Å². The molecule has 10 nitrogen and oxygen atoms in total.